The maximum absolute atomic E-state index is 12.6. The molecule has 0 atom stereocenters. The summed E-state index contributed by atoms with van der Waals surface area (Å²) >= 11 is 1.68. The molecule has 0 spiro atoms. The number of hydrogen-bond acceptors (Lipinski definition) is 4. The third-order valence-corrected chi connectivity index (χ3v) is 3.30. The molecular formula is C10H7F2IN2O2. The van der Waals surface area contributed by atoms with Crippen LogP contribution < -0.4 is 0 Å². The Kier molecular flexibility index (Phi) is 4.74. The van der Waals surface area contributed by atoms with Gasteiger partial charge in [0.2, 0.25) is 0 Å². The number of carbonyl (C=O) groups excluding carboxylic acids is 1. The van der Waals surface area contributed by atoms with Crippen LogP contribution >= 0.6 is 22.6 Å². The zero-order valence-electron chi connectivity index (χ0n) is 8.71. The summed E-state index contributed by atoms with van der Waals surface area (Å²) in [6.07, 6.45) is -1.99. The molecule has 90 valence electrons. The highest BCUT2D eigenvalue weighted by Gasteiger charge is 2.20. The predicted octanol–water partition coefficient (Wildman–Crippen LogP) is 2.21. The lowest BCUT2D eigenvalue weighted by molar-refractivity contribution is -0.139. The lowest BCUT2D eigenvalue weighted by atomic mass is 10.1. The second-order valence-electron chi connectivity index (χ2n) is 3.02. The van der Waals surface area contributed by atoms with E-state index < -0.39 is 12.4 Å². The van der Waals surface area contributed by atoms with E-state index in [-0.39, 0.29) is 26.8 Å². The van der Waals surface area contributed by atoms with E-state index in [1.807, 2.05) is 0 Å². The number of nitrogens with zero attached hydrogens (tertiary/aromatic N) is 2. The third kappa shape index (κ3) is 3.09. The van der Waals surface area contributed by atoms with Gasteiger partial charge in [-0.15, -0.1) is 0 Å². The van der Waals surface area contributed by atoms with E-state index in [2.05, 4.69) is 9.72 Å². The van der Waals surface area contributed by atoms with E-state index in [0.29, 0.717) is 0 Å². The molecule has 17 heavy (non-hydrogen) atoms. The van der Waals surface area contributed by atoms with E-state index in [0.717, 1.165) is 6.20 Å². The fourth-order valence-electron chi connectivity index (χ4n) is 1.17. The van der Waals surface area contributed by atoms with Crippen LogP contribution in [0.15, 0.2) is 6.20 Å². The Morgan fingerprint density at radius 1 is 1.71 bits per heavy atom. The van der Waals surface area contributed by atoms with Crippen molar-refractivity contribution in [1.29, 1.82) is 5.26 Å². The molecule has 0 bridgehead atoms. The summed E-state index contributed by atoms with van der Waals surface area (Å²) in [6.45, 7) is 0. The Morgan fingerprint density at radius 3 is 2.82 bits per heavy atom. The highest BCUT2D eigenvalue weighted by molar-refractivity contribution is 14.1. The smallest absolute Gasteiger partial charge is 0.310 e. The zero-order chi connectivity index (χ0) is 13.0. The molecule has 0 aliphatic carbocycles. The van der Waals surface area contributed by atoms with Crippen LogP contribution in [0.1, 0.15) is 23.2 Å². The minimum atomic E-state index is -2.70. The summed E-state index contributed by atoms with van der Waals surface area (Å²) in [5, 5.41) is 8.80. The van der Waals surface area contributed by atoms with E-state index in [1.54, 1.807) is 28.7 Å². The van der Waals surface area contributed by atoms with E-state index in [9.17, 15) is 13.6 Å². The molecule has 1 aromatic rings. The number of hydrogen-bond donors (Lipinski definition) is 0. The summed E-state index contributed by atoms with van der Waals surface area (Å²) in [5.74, 6) is -0.604. The van der Waals surface area contributed by atoms with Crippen molar-refractivity contribution in [2.45, 2.75) is 12.8 Å². The second kappa shape index (κ2) is 5.86. The van der Waals surface area contributed by atoms with Crippen LogP contribution in [0.2, 0.25) is 0 Å². The molecule has 4 nitrogen and oxygen atoms in total. The first-order valence-corrected chi connectivity index (χ1v) is 5.51. The molecule has 0 aliphatic heterocycles. The van der Waals surface area contributed by atoms with Crippen molar-refractivity contribution in [3.63, 3.8) is 0 Å². The number of methoxy groups -OCH3 is 1. The van der Waals surface area contributed by atoms with E-state index in [1.165, 1.54) is 7.11 Å². The van der Waals surface area contributed by atoms with Crippen LogP contribution in [-0.2, 0) is 16.0 Å². The molecule has 0 radical (unpaired) electrons. The molecular weight excluding hydrogens is 345 g/mol. The normalized spacial score (nSPS) is 10.1. The molecule has 0 unspecified atom stereocenters. The maximum atomic E-state index is 12.6. The van der Waals surface area contributed by atoms with Crippen molar-refractivity contribution in [2.24, 2.45) is 0 Å². The molecule has 0 saturated carbocycles. The monoisotopic (exact) mass is 352 g/mol. The fourth-order valence-corrected chi connectivity index (χ4v) is 1.99. The van der Waals surface area contributed by atoms with Crippen molar-refractivity contribution in [2.75, 3.05) is 7.11 Å². The predicted molar refractivity (Wildman–Crippen MR) is 62.3 cm³/mol. The number of halogens is 3. The van der Waals surface area contributed by atoms with Gasteiger partial charge in [0, 0.05) is 20.9 Å². The average molecular weight is 352 g/mol. The lowest BCUT2D eigenvalue weighted by Crippen LogP contribution is -2.10. The fraction of sp³-hybridized carbons (Fsp3) is 0.300. The van der Waals surface area contributed by atoms with Gasteiger partial charge in [0.25, 0.3) is 6.43 Å². The topological polar surface area (TPSA) is 63.0 Å². The number of rotatable bonds is 3. The largest absolute Gasteiger partial charge is 0.469 e. The van der Waals surface area contributed by atoms with Gasteiger partial charge >= 0.3 is 5.97 Å². The minimum absolute atomic E-state index is 0.0378. The van der Waals surface area contributed by atoms with Gasteiger partial charge in [-0.1, -0.05) is 0 Å². The molecule has 0 aromatic carbocycles. The van der Waals surface area contributed by atoms with Gasteiger partial charge < -0.3 is 4.74 Å². The molecule has 1 aromatic heterocycles. The van der Waals surface area contributed by atoms with Crippen LogP contribution in [-0.4, -0.2) is 18.1 Å². The molecule has 0 amide bonds. The summed E-state index contributed by atoms with van der Waals surface area (Å²) in [5.41, 5.74) is -0.148. The van der Waals surface area contributed by atoms with Crippen LogP contribution in [0.3, 0.4) is 0 Å². The summed E-state index contributed by atoms with van der Waals surface area (Å²) < 4.78 is 29.9. The number of ether oxygens (including phenoxy) is 1. The molecule has 7 heteroatoms. The Labute approximate surface area is 110 Å². The quantitative estimate of drug-likeness (QED) is 0.618. The summed E-state index contributed by atoms with van der Waals surface area (Å²) in [7, 11) is 1.19. The molecule has 0 saturated heterocycles. The number of nitriles is 1. The van der Waals surface area contributed by atoms with Crippen LogP contribution in [0.25, 0.3) is 0 Å². The number of carbonyl (C=O) groups is 1. The number of pyridine rings is 1. The minimum Gasteiger partial charge on any atom is -0.469 e. The number of aromatic nitrogens is 1. The Balaban J connectivity index is 3.28. The van der Waals surface area contributed by atoms with Gasteiger partial charge in [-0.3, -0.25) is 4.79 Å². The summed E-state index contributed by atoms with van der Waals surface area (Å²) in [4.78, 5) is 14.7. The van der Waals surface area contributed by atoms with Crippen molar-refractivity contribution in [1.82, 2.24) is 4.98 Å². The third-order valence-electron chi connectivity index (χ3n) is 2.03. The SMILES string of the molecule is COC(=O)Cc1c(C#N)ncc(C(F)F)c1I. The van der Waals surface area contributed by atoms with Crippen molar-refractivity contribution < 1.29 is 18.3 Å². The van der Waals surface area contributed by atoms with Gasteiger partial charge in [0.15, 0.2) is 0 Å². The van der Waals surface area contributed by atoms with E-state index in [4.69, 9.17) is 5.26 Å². The molecule has 1 rings (SSSR count). The van der Waals surface area contributed by atoms with Crippen molar-refractivity contribution in [3.8, 4) is 6.07 Å². The first-order valence-electron chi connectivity index (χ1n) is 4.43. The van der Waals surface area contributed by atoms with E-state index >= 15 is 0 Å². The van der Waals surface area contributed by atoms with Gasteiger partial charge in [-0.25, -0.2) is 13.8 Å². The Bertz CT molecular complexity index is 486. The standard InChI is InChI=1S/C10H7F2IN2O2/c1-17-8(16)2-5-7(3-14)15-4-6(9(5)13)10(11)12/h4,10H,2H2,1H3. The van der Waals surface area contributed by atoms with Gasteiger partial charge in [0.05, 0.1) is 13.5 Å². The molecule has 0 aliphatic rings. The maximum Gasteiger partial charge on any atom is 0.310 e. The highest BCUT2D eigenvalue weighted by atomic mass is 127. The first-order chi connectivity index (χ1) is 8.01. The van der Waals surface area contributed by atoms with Crippen LogP contribution in [0, 0.1) is 14.9 Å². The zero-order valence-corrected chi connectivity index (χ0v) is 10.9. The highest BCUT2D eigenvalue weighted by Crippen LogP contribution is 2.28. The number of esters is 1. The molecule has 0 fully saturated rings. The van der Waals surface area contributed by atoms with Gasteiger partial charge in [-0.2, -0.15) is 5.26 Å². The first kappa shape index (κ1) is 13.8. The average Bonchev–Trinajstić information content (AvgIpc) is 2.30. The van der Waals surface area contributed by atoms with Crippen LogP contribution in [0.4, 0.5) is 8.78 Å². The molecule has 1 heterocycles. The lowest BCUT2D eigenvalue weighted by Gasteiger charge is -2.09. The van der Waals surface area contributed by atoms with Crippen molar-refractivity contribution in [3.05, 3.63) is 26.6 Å². The Hall–Kier alpha value is -1.30. The van der Waals surface area contributed by atoms with Crippen molar-refractivity contribution >= 4 is 28.6 Å². The van der Waals surface area contributed by atoms with Gasteiger partial charge in [0.1, 0.15) is 11.8 Å². The molecule has 0 N–H and O–H groups in total. The Morgan fingerprint density at radius 2 is 2.35 bits per heavy atom. The van der Waals surface area contributed by atoms with Crippen LogP contribution in [0.5, 0.6) is 0 Å². The second-order valence-corrected chi connectivity index (χ2v) is 4.10. The summed E-state index contributed by atoms with van der Waals surface area (Å²) in [6, 6.07) is 1.76. The number of alkyl halides is 2. The van der Waals surface area contributed by atoms with Gasteiger partial charge in [-0.05, 0) is 22.6 Å².